The van der Waals surface area contributed by atoms with Crippen molar-refractivity contribution in [2.45, 2.75) is 20.0 Å². The van der Waals surface area contributed by atoms with Crippen LogP contribution in [-0.2, 0) is 0 Å². The molecule has 0 fully saturated rings. The molecule has 31 heavy (non-hydrogen) atoms. The van der Waals surface area contributed by atoms with Crippen LogP contribution in [0.4, 0.5) is 5.69 Å². The second-order valence-electron chi connectivity index (χ2n) is 7.43. The van der Waals surface area contributed by atoms with Gasteiger partial charge in [0, 0.05) is 17.1 Å². The highest BCUT2D eigenvalue weighted by Crippen LogP contribution is 2.30. The van der Waals surface area contributed by atoms with Crippen LogP contribution >= 0.6 is 0 Å². The van der Waals surface area contributed by atoms with Crippen molar-refractivity contribution in [3.8, 4) is 17.8 Å². The fourth-order valence-corrected chi connectivity index (χ4v) is 3.94. The first-order chi connectivity index (χ1) is 15.0. The van der Waals surface area contributed by atoms with Crippen molar-refractivity contribution in [2.24, 2.45) is 16.8 Å². The Bertz CT molecular complexity index is 1240. The van der Waals surface area contributed by atoms with Gasteiger partial charge in [-0.3, -0.25) is 0 Å². The molecule has 0 radical (unpaired) electrons. The first-order valence-corrected chi connectivity index (χ1v) is 9.99. The van der Waals surface area contributed by atoms with Crippen LogP contribution in [0.5, 0.6) is 0 Å². The highest BCUT2D eigenvalue weighted by molar-refractivity contribution is 6.11. The molecule has 2 N–H and O–H groups in total. The largest absolute Gasteiger partial charge is 0.318 e. The molecule has 4 rings (SSSR count). The molecule has 0 saturated carbocycles. The summed E-state index contributed by atoms with van der Waals surface area (Å²) in [6.07, 6.45) is 1.14. The topological polar surface area (TPSA) is 94.1 Å². The maximum Gasteiger partial charge on any atom is 0.127 e. The summed E-state index contributed by atoms with van der Waals surface area (Å²) in [6.45, 7) is 4.04. The van der Waals surface area contributed by atoms with Gasteiger partial charge in [-0.05, 0) is 55.8 Å². The monoisotopic (exact) mass is 406 g/mol. The standard InChI is InChI=1S/C25H22N6/c1-17-13-19(18(2)30(17)21-9-5-3-6-10-21)14-20(15-26)24-23(16-27)25(28)31(29-24)22-11-7-4-8-12-22/h3-14,23,25H,28H2,1-2H3/b20-14-/t23-,25+/m1/s1. The summed E-state index contributed by atoms with van der Waals surface area (Å²) >= 11 is 0. The number of allylic oxidation sites excluding steroid dienone is 1. The van der Waals surface area contributed by atoms with Crippen LogP contribution in [0.1, 0.15) is 17.0 Å². The second-order valence-corrected chi connectivity index (χ2v) is 7.43. The van der Waals surface area contributed by atoms with E-state index in [-0.39, 0.29) is 0 Å². The molecule has 0 unspecified atom stereocenters. The number of nitrogens with zero attached hydrogens (tertiary/aromatic N) is 5. The summed E-state index contributed by atoms with van der Waals surface area (Å²) in [5, 5.41) is 25.9. The van der Waals surface area contributed by atoms with Crippen LogP contribution in [0.25, 0.3) is 11.8 Å². The second kappa shape index (κ2) is 8.31. The van der Waals surface area contributed by atoms with Gasteiger partial charge in [-0.25, -0.2) is 5.01 Å². The zero-order valence-electron chi connectivity index (χ0n) is 17.4. The smallest absolute Gasteiger partial charge is 0.127 e. The van der Waals surface area contributed by atoms with E-state index in [1.807, 2.05) is 80.6 Å². The summed E-state index contributed by atoms with van der Waals surface area (Å²) in [4.78, 5) is 0. The van der Waals surface area contributed by atoms with Crippen LogP contribution in [0.15, 0.2) is 77.4 Å². The molecule has 0 spiro atoms. The molecule has 6 nitrogen and oxygen atoms in total. The van der Waals surface area contributed by atoms with Gasteiger partial charge in [0.25, 0.3) is 0 Å². The lowest BCUT2D eigenvalue weighted by atomic mass is 9.95. The average Bonchev–Trinajstić information content (AvgIpc) is 3.28. The number of hydrogen-bond donors (Lipinski definition) is 1. The van der Waals surface area contributed by atoms with E-state index in [2.05, 4.69) is 21.8 Å². The maximum absolute atomic E-state index is 9.91. The van der Waals surface area contributed by atoms with Gasteiger partial charge in [0.1, 0.15) is 18.2 Å². The SMILES string of the molecule is Cc1cc(/C=C(/C#N)C2=NN(c3ccccc3)[C@H](N)[C@@H]2C#N)c(C)n1-c1ccccc1. The van der Waals surface area contributed by atoms with Gasteiger partial charge in [0.2, 0.25) is 0 Å². The third kappa shape index (κ3) is 3.61. The predicted molar refractivity (Wildman–Crippen MR) is 122 cm³/mol. The van der Waals surface area contributed by atoms with Crippen LogP contribution in [0.3, 0.4) is 0 Å². The van der Waals surface area contributed by atoms with Gasteiger partial charge in [-0.15, -0.1) is 0 Å². The molecule has 2 aromatic carbocycles. The van der Waals surface area contributed by atoms with Crippen molar-refractivity contribution >= 4 is 17.5 Å². The third-order valence-electron chi connectivity index (χ3n) is 5.47. The summed E-state index contributed by atoms with van der Waals surface area (Å²) in [7, 11) is 0. The molecule has 1 aliphatic rings. The van der Waals surface area contributed by atoms with Crippen molar-refractivity contribution in [2.75, 3.05) is 5.01 Å². The minimum absolute atomic E-state index is 0.341. The number of hydrogen-bond acceptors (Lipinski definition) is 5. The lowest BCUT2D eigenvalue weighted by molar-refractivity contribution is 0.624. The fraction of sp³-hybridized carbons (Fsp3) is 0.160. The minimum atomic E-state index is -0.705. The Kier molecular flexibility index (Phi) is 5.41. The average molecular weight is 406 g/mol. The van der Waals surface area contributed by atoms with E-state index in [0.717, 1.165) is 28.3 Å². The maximum atomic E-state index is 9.91. The van der Waals surface area contributed by atoms with Gasteiger partial charge < -0.3 is 10.3 Å². The number of aromatic nitrogens is 1. The molecular weight excluding hydrogens is 384 g/mol. The number of hydrazone groups is 1. The highest BCUT2D eigenvalue weighted by Gasteiger charge is 2.37. The van der Waals surface area contributed by atoms with Gasteiger partial charge >= 0.3 is 0 Å². The Hall–Kier alpha value is -4.13. The van der Waals surface area contributed by atoms with Crippen LogP contribution in [-0.4, -0.2) is 16.4 Å². The molecular formula is C25H22N6. The van der Waals surface area contributed by atoms with E-state index in [9.17, 15) is 10.5 Å². The summed E-state index contributed by atoms with van der Waals surface area (Å²) in [6, 6.07) is 26.0. The highest BCUT2D eigenvalue weighted by atomic mass is 15.5. The Morgan fingerprint density at radius 1 is 1.00 bits per heavy atom. The van der Waals surface area contributed by atoms with Crippen molar-refractivity contribution < 1.29 is 0 Å². The number of rotatable bonds is 4. The Morgan fingerprint density at radius 2 is 1.61 bits per heavy atom. The normalized spacial score (nSPS) is 18.4. The lowest BCUT2D eigenvalue weighted by Gasteiger charge is -2.21. The Morgan fingerprint density at radius 3 is 2.19 bits per heavy atom. The molecule has 152 valence electrons. The zero-order valence-corrected chi connectivity index (χ0v) is 17.4. The first-order valence-electron chi connectivity index (χ1n) is 9.99. The van der Waals surface area contributed by atoms with E-state index in [4.69, 9.17) is 5.73 Å². The number of aryl methyl sites for hydroxylation is 1. The summed E-state index contributed by atoms with van der Waals surface area (Å²) in [5.41, 5.74) is 11.9. The predicted octanol–water partition coefficient (Wildman–Crippen LogP) is 4.30. The van der Waals surface area contributed by atoms with Gasteiger partial charge in [0.05, 0.1) is 23.0 Å². The summed E-state index contributed by atoms with van der Waals surface area (Å²) < 4.78 is 2.14. The van der Waals surface area contributed by atoms with E-state index in [1.54, 1.807) is 11.1 Å². The molecule has 3 aromatic rings. The van der Waals surface area contributed by atoms with Crippen molar-refractivity contribution in [1.29, 1.82) is 10.5 Å². The van der Waals surface area contributed by atoms with Gasteiger partial charge in [-0.2, -0.15) is 15.6 Å². The molecule has 0 saturated heterocycles. The van der Waals surface area contributed by atoms with E-state index < -0.39 is 12.1 Å². The molecule has 0 amide bonds. The number of para-hydroxylation sites is 2. The van der Waals surface area contributed by atoms with Crippen molar-refractivity contribution in [3.05, 3.63) is 89.3 Å². The Labute approximate surface area is 181 Å². The zero-order chi connectivity index (χ0) is 22.0. The molecule has 0 bridgehead atoms. The van der Waals surface area contributed by atoms with E-state index in [0.29, 0.717) is 11.3 Å². The quantitative estimate of drug-likeness (QED) is 0.654. The summed E-state index contributed by atoms with van der Waals surface area (Å²) in [5.74, 6) is -0.705. The number of anilines is 1. The third-order valence-corrected chi connectivity index (χ3v) is 5.47. The fourth-order valence-electron chi connectivity index (χ4n) is 3.94. The van der Waals surface area contributed by atoms with Gasteiger partial charge in [0.15, 0.2) is 0 Å². The number of nitriles is 2. The molecule has 2 atom stereocenters. The van der Waals surface area contributed by atoms with Crippen LogP contribution in [0.2, 0.25) is 0 Å². The van der Waals surface area contributed by atoms with E-state index >= 15 is 0 Å². The van der Waals surface area contributed by atoms with Crippen molar-refractivity contribution in [3.63, 3.8) is 0 Å². The number of nitrogens with two attached hydrogens (primary N) is 1. The van der Waals surface area contributed by atoms with Gasteiger partial charge in [-0.1, -0.05) is 36.4 Å². The minimum Gasteiger partial charge on any atom is -0.318 e. The molecule has 0 aliphatic carbocycles. The Balaban J connectivity index is 1.77. The molecule has 1 aliphatic heterocycles. The number of benzene rings is 2. The first kappa shape index (κ1) is 20.2. The lowest BCUT2D eigenvalue weighted by Crippen LogP contribution is -2.40. The van der Waals surface area contributed by atoms with Crippen molar-refractivity contribution in [1.82, 2.24) is 4.57 Å². The van der Waals surface area contributed by atoms with E-state index in [1.165, 1.54) is 0 Å². The molecule has 2 heterocycles. The van der Waals surface area contributed by atoms with Crippen LogP contribution in [0, 0.1) is 42.4 Å². The van der Waals surface area contributed by atoms with Crippen LogP contribution < -0.4 is 10.7 Å². The molecule has 1 aromatic heterocycles. The molecule has 6 heteroatoms.